The van der Waals surface area contributed by atoms with Crippen molar-refractivity contribution in [2.45, 2.75) is 6.54 Å². The molecule has 3 rings (SSSR count). The van der Waals surface area contributed by atoms with Gasteiger partial charge in [-0.25, -0.2) is 9.97 Å². The molecule has 3 aromatic rings. The number of rotatable bonds is 4. The molecule has 0 fully saturated rings. The summed E-state index contributed by atoms with van der Waals surface area (Å²) < 4.78 is 0. The molecule has 0 unspecified atom stereocenters. The molecule has 0 aliphatic carbocycles. The summed E-state index contributed by atoms with van der Waals surface area (Å²) in [5.74, 6) is -0.278. The van der Waals surface area contributed by atoms with Gasteiger partial charge < -0.3 is 26.4 Å². The number of nitrogens with zero attached hydrogens (tertiary/aromatic N) is 2. The smallest absolute Gasteiger partial charge is 0.185 e. The summed E-state index contributed by atoms with van der Waals surface area (Å²) >= 11 is 0. The summed E-state index contributed by atoms with van der Waals surface area (Å²) in [4.78, 5) is 8.03. The van der Waals surface area contributed by atoms with Crippen molar-refractivity contribution in [3.05, 3.63) is 54.4 Å². The van der Waals surface area contributed by atoms with Crippen molar-refractivity contribution in [2.75, 3.05) is 5.32 Å². The normalized spacial score (nSPS) is 10.5. The molecule has 0 aliphatic rings. The minimum atomic E-state index is -0.207. The SMILES string of the molecule is NCc1ccc(Nc2ncnc(-c3ccc(O)cc3O)c2O)cc1. The van der Waals surface area contributed by atoms with Gasteiger partial charge in [0, 0.05) is 23.9 Å². The van der Waals surface area contributed by atoms with E-state index in [1.807, 2.05) is 24.3 Å². The number of anilines is 2. The van der Waals surface area contributed by atoms with Gasteiger partial charge in [0.15, 0.2) is 11.6 Å². The summed E-state index contributed by atoms with van der Waals surface area (Å²) in [6.45, 7) is 0.448. The van der Waals surface area contributed by atoms with E-state index in [9.17, 15) is 15.3 Å². The van der Waals surface area contributed by atoms with E-state index < -0.39 is 0 Å². The van der Waals surface area contributed by atoms with Gasteiger partial charge in [0.1, 0.15) is 23.5 Å². The van der Waals surface area contributed by atoms with E-state index >= 15 is 0 Å². The fourth-order valence-electron chi connectivity index (χ4n) is 2.25. The lowest BCUT2D eigenvalue weighted by atomic mass is 10.1. The van der Waals surface area contributed by atoms with E-state index in [-0.39, 0.29) is 34.3 Å². The van der Waals surface area contributed by atoms with Crippen LogP contribution < -0.4 is 11.1 Å². The minimum absolute atomic E-state index is 0.0804. The van der Waals surface area contributed by atoms with Crippen LogP contribution in [0, 0.1) is 0 Å². The number of hydrogen-bond donors (Lipinski definition) is 5. The Balaban J connectivity index is 1.95. The molecule has 0 aliphatic heterocycles. The molecular formula is C17H16N4O3. The predicted molar refractivity (Wildman–Crippen MR) is 90.1 cm³/mol. The van der Waals surface area contributed by atoms with Gasteiger partial charge in [0.25, 0.3) is 0 Å². The Morgan fingerprint density at radius 1 is 0.958 bits per heavy atom. The Hall–Kier alpha value is -3.32. The molecule has 1 heterocycles. The average Bonchev–Trinajstić information content (AvgIpc) is 2.58. The van der Waals surface area contributed by atoms with Crippen LogP contribution in [0.25, 0.3) is 11.3 Å². The van der Waals surface area contributed by atoms with Gasteiger partial charge in [-0.15, -0.1) is 0 Å². The number of nitrogens with two attached hydrogens (primary N) is 1. The largest absolute Gasteiger partial charge is 0.508 e. The van der Waals surface area contributed by atoms with Gasteiger partial charge in [0.05, 0.1) is 0 Å². The van der Waals surface area contributed by atoms with Crippen molar-refractivity contribution in [3.63, 3.8) is 0 Å². The lowest BCUT2D eigenvalue weighted by molar-refractivity contribution is 0.449. The van der Waals surface area contributed by atoms with Crippen LogP contribution in [0.15, 0.2) is 48.8 Å². The van der Waals surface area contributed by atoms with E-state index in [0.29, 0.717) is 6.54 Å². The molecule has 0 radical (unpaired) electrons. The highest BCUT2D eigenvalue weighted by Crippen LogP contribution is 2.38. The second kappa shape index (κ2) is 6.43. The van der Waals surface area contributed by atoms with Crippen LogP contribution >= 0.6 is 0 Å². The molecule has 24 heavy (non-hydrogen) atoms. The molecule has 0 atom stereocenters. The van der Waals surface area contributed by atoms with Crippen molar-refractivity contribution in [1.82, 2.24) is 9.97 Å². The van der Waals surface area contributed by atoms with Crippen molar-refractivity contribution in [3.8, 4) is 28.5 Å². The molecule has 0 saturated heterocycles. The first-order chi connectivity index (χ1) is 11.6. The third kappa shape index (κ3) is 3.06. The van der Waals surface area contributed by atoms with Gasteiger partial charge in [0.2, 0.25) is 0 Å². The maximum Gasteiger partial charge on any atom is 0.185 e. The second-order valence-electron chi connectivity index (χ2n) is 5.15. The molecule has 0 bridgehead atoms. The van der Waals surface area contributed by atoms with E-state index in [1.54, 1.807) is 0 Å². The van der Waals surface area contributed by atoms with Crippen molar-refractivity contribution in [1.29, 1.82) is 0 Å². The van der Waals surface area contributed by atoms with E-state index in [2.05, 4.69) is 15.3 Å². The Morgan fingerprint density at radius 2 is 1.71 bits per heavy atom. The Kier molecular flexibility index (Phi) is 4.17. The predicted octanol–water partition coefficient (Wildman–Crippen LogP) is 2.46. The highest BCUT2D eigenvalue weighted by atomic mass is 16.3. The highest BCUT2D eigenvalue weighted by molar-refractivity contribution is 5.78. The monoisotopic (exact) mass is 324 g/mol. The van der Waals surface area contributed by atoms with E-state index in [4.69, 9.17) is 5.73 Å². The maximum atomic E-state index is 10.4. The van der Waals surface area contributed by atoms with Crippen molar-refractivity contribution < 1.29 is 15.3 Å². The molecule has 7 heteroatoms. The standard InChI is InChI=1S/C17H16N4O3/c18-8-10-1-3-11(4-2-10)21-17-16(24)15(19-9-20-17)13-6-5-12(22)7-14(13)23/h1-7,9,22-24H,8,18H2,(H,19,20,21). The number of phenolic OH excluding ortho intramolecular Hbond substituents is 2. The molecule has 122 valence electrons. The molecule has 0 spiro atoms. The zero-order chi connectivity index (χ0) is 17.1. The summed E-state index contributed by atoms with van der Waals surface area (Å²) in [6, 6.07) is 11.4. The number of nitrogens with one attached hydrogen (secondary N) is 1. The summed E-state index contributed by atoms with van der Waals surface area (Å²) in [6.07, 6.45) is 1.28. The van der Waals surface area contributed by atoms with Crippen molar-refractivity contribution >= 4 is 11.5 Å². The molecule has 7 nitrogen and oxygen atoms in total. The lowest BCUT2D eigenvalue weighted by Gasteiger charge is -2.11. The molecule has 2 aromatic carbocycles. The fraction of sp³-hybridized carbons (Fsp3) is 0.0588. The zero-order valence-corrected chi connectivity index (χ0v) is 12.6. The van der Waals surface area contributed by atoms with Gasteiger partial charge >= 0.3 is 0 Å². The van der Waals surface area contributed by atoms with Crippen LogP contribution in [-0.2, 0) is 6.54 Å². The lowest BCUT2D eigenvalue weighted by Crippen LogP contribution is -1.99. The van der Waals surface area contributed by atoms with Gasteiger partial charge in [-0.05, 0) is 29.8 Å². The number of aromatic hydroxyl groups is 3. The van der Waals surface area contributed by atoms with Crippen LogP contribution in [0.5, 0.6) is 17.2 Å². The fourth-order valence-corrected chi connectivity index (χ4v) is 2.25. The second-order valence-corrected chi connectivity index (χ2v) is 5.15. The first-order valence-corrected chi connectivity index (χ1v) is 7.21. The Bertz CT molecular complexity index is 866. The van der Waals surface area contributed by atoms with Gasteiger partial charge in [-0.1, -0.05) is 12.1 Å². The van der Waals surface area contributed by atoms with Gasteiger partial charge in [-0.3, -0.25) is 0 Å². The van der Waals surface area contributed by atoms with Gasteiger partial charge in [-0.2, -0.15) is 0 Å². The first-order valence-electron chi connectivity index (χ1n) is 7.21. The molecule has 0 saturated carbocycles. The average molecular weight is 324 g/mol. The zero-order valence-electron chi connectivity index (χ0n) is 12.6. The molecule has 0 amide bonds. The van der Waals surface area contributed by atoms with E-state index in [0.717, 1.165) is 11.3 Å². The van der Waals surface area contributed by atoms with Crippen LogP contribution in [0.3, 0.4) is 0 Å². The number of hydrogen-bond acceptors (Lipinski definition) is 7. The minimum Gasteiger partial charge on any atom is -0.508 e. The number of aromatic nitrogens is 2. The molecule has 6 N–H and O–H groups in total. The molecule has 1 aromatic heterocycles. The Morgan fingerprint density at radius 3 is 2.38 bits per heavy atom. The van der Waals surface area contributed by atoms with Crippen LogP contribution in [0.4, 0.5) is 11.5 Å². The van der Waals surface area contributed by atoms with E-state index in [1.165, 1.54) is 24.5 Å². The Labute approximate surface area is 138 Å². The summed E-state index contributed by atoms with van der Waals surface area (Å²) in [5.41, 5.74) is 7.72. The number of phenols is 2. The highest BCUT2D eigenvalue weighted by Gasteiger charge is 2.15. The quantitative estimate of drug-likeness (QED) is 0.499. The van der Waals surface area contributed by atoms with Crippen LogP contribution in [0.2, 0.25) is 0 Å². The summed E-state index contributed by atoms with van der Waals surface area (Å²) in [7, 11) is 0. The maximum absolute atomic E-state index is 10.4. The summed E-state index contributed by atoms with van der Waals surface area (Å²) in [5, 5.41) is 32.7. The third-order valence-electron chi connectivity index (χ3n) is 3.51. The number of benzene rings is 2. The van der Waals surface area contributed by atoms with Crippen LogP contribution in [-0.4, -0.2) is 25.3 Å². The topological polar surface area (TPSA) is 125 Å². The van der Waals surface area contributed by atoms with Crippen molar-refractivity contribution in [2.24, 2.45) is 5.73 Å². The first kappa shape index (κ1) is 15.6. The third-order valence-corrected chi connectivity index (χ3v) is 3.51. The van der Waals surface area contributed by atoms with Crippen LogP contribution in [0.1, 0.15) is 5.56 Å². The molecular weight excluding hydrogens is 308 g/mol.